The molecule has 0 heterocycles. The first kappa shape index (κ1) is 12.1. The van der Waals surface area contributed by atoms with Gasteiger partial charge in [0.1, 0.15) is 0 Å². The van der Waals surface area contributed by atoms with Crippen molar-refractivity contribution in [3.63, 3.8) is 0 Å². The molecule has 6 heteroatoms. The molecule has 0 aromatic rings. The molecular weight excluding hydrogens is 192 g/mol. The minimum atomic E-state index is -3.30. The van der Waals surface area contributed by atoms with Crippen LogP contribution in [0.4, 0.5) is 0 Å². The predicted octanol–water partition coefficient (Wildman–Crippen LogP) is -0.774. The van der Waals surface area contributed by atoms with Gasteiger partial charge in [-0.25, -0.2) is 13.1 Å². The van der Waals surface area contributed by atoms with E-state index in [9.17, 15) is 13.2 Å². The van der Waals surface area contributed by atoms with Gasteiger partial charge in [0.2, 0.25) is 15.9 Å². The maximum atomic E-state index is 11.1. The monoisotopic (exact) mass is 206 g/mol. The Morgan fingerprint density at radius 1 is 1.62 bits per heavy atom. The van der Waals surface area contributed by atoms with Crippen LogP contribution in [0.3, 0.4) is 0 Å². The van der Waals surface area contributed by atoms with Crippen LogP contribution in [0, 0.1) is 0 Å². The lowest BCUT2D eigenvalue weighted by atomic mass is 10.4. The van der Waals surface area contributed by atoms with Gasteiger partial charge in [-0.05, 0) is 20.0 Å². The van der Waals surface area contributed by atoms with E-state index in [0.29, 0.717) is 0 Å². The van der Waals surface area contributed by atoms with Crippen LogP contribution in [0.25, 0.3) is 0 Å². The molecule has 0 rings (SSSR count). The first-order chi connectivity index (χ1) is 5.94. The smallest absolute Gasteiger partial charge is 0.243 e. The number of hydrogen-bond donors (Lipinski definition) is 2. The summed E-state index contributed by atoms with van der Waals surface area (Å²) in [5, 5.41) is 1.74. The van der Waals surface area contributed by atoms with E-state index in [1.165, 1.54) is 14.0 Å². The quantitative estimate of drug-likeness (QED) is 0.580. The van der Waals surface area contributed by atoms with Crippen LogP contribution in [-0.2, 0) is 14.8 Å². The second-order valence-electron chi connectivity index (χ2n) is 2.51. The first-order valence-corrected chi connectivity index (χ1v) is 5.31. The lowest BCUT2D eigenvalue weighted by molar-refractivity contribution is -0.116. The maximum Gasteiger partial charge on any atom is 0.243 e. The van der Waals surface area contributed by atoms with E-state index in [4.69, 9.17) is 0 Å². The molecule has 0 aromatic heterocycles. The fourth-order valence-electron chi connectivity index (χ4n) is 0.627. The molecule has 1 atom stereocenters. The molecule has 2 N–H and O–H groups in total. The van der Waals surface area contributed by atoms with Crippen LogP contribution < -0.4 is 10.0 Å². The van der Waals surface area contributed by atoms with Gasteiger partial charge in [-0.1, -0.05) is 6.58 Å². The van der Waals surface area contributed by atoms with Crippen LogP contribution in [0.5, 0.6) is 0 Å². The van der Waals surface area contributed by atoms with Gasteiger partial charge < -0.3 is 5.32 Å². The molecule has 76 valence electrons. The number of carbonyl (C=O) groups is 1. The normalized spacial score (nSPS) is 13.4. The van der Waals surface area contributed by atoms with Crippen LogP contribution >= 0.6 is 0 Å². The molecule has 0 fully saturated rings. The third-order valence-corrected chi connectivity index (χ3v) is 3.36. The van der Waals surface area contributed by atoms with Crippen molar-refractivity contribution in [3.05, 3.63) is 12.7 Å². The number of sulfonamides is 1. The van der Waals surface area contributed by atoms with Gasteiger partial charge >= 0.3 is 0 Å². The molecule has 5 nitrogen and oxygen atoms in total. The predicted molar refractivity (Wildman–Crippen MR) is 50.6 cm³/mol. The van der Waals surface area contributed by atoms with Crippen molar-refractivity contribution in [1.82, 2.24) is 10.0 Å². The van der Waals surface area contributed by atoms with Crippen molar-refractivity contribution in [2.75, 3.05) is 13.6 Å². The van der Waals surface area contributed by atoms with E-state index >= 15 is 0 Å². The van der Waals surface area contributed by atoms with Crippen molar-refractivity contribution in [2.24, 2.45) is 0 Å². The van der Waals surface area contributed by atoms with Gasteiger partial charge in [-0.2, -0.15) is 0 Å². The summed E-state index contributed by atoms with van der Waals surface area (Å²) in [5.74, 6) is -0.377. The molecule has 0 aliphatic carbocycles. The average molecular weight is 206 g/mol. The van der Waals surface area contributed by atoms with Gasteiger partial charge in [0.25, 0.3) is 0 Å². The van der Waals surface area contributed by atoms with Gasteiger partial charge in [0.05, 0.1) is 5.25 Å². The molecule has 0 unspecified atom stereocenters. The van der Waals surface area contributed by atoms with E-state index in [-0.39, 0.29) is 12.5 Å². The van der Waals surface area contributed by atoms with E-state index < -0.39 is 15.3 Å². The molecule has 0 saturated heterocycles. The Labute approximate surface area is 78.3 Å². The highest BCUT2D eigenvalue weighted by Crippen LogP contribution is 1.94. The highest BCUT2D eigenvalue weighted by atomic mass is 32.2. The second kappa shape index (κ2) is 4.98. The van der Waals surface area contributed by atoms with Gasteiger partial charge in [0.15, 0.2) is 0 Å². The molecule has 0 bridgehead atoms. The fraction of sp³-hybridized carbons (Fsp3) is 0.571. The Balaban J connectivity index is 4.09. The number of hydrogen-bond acceptors (Lipinski definition) is 3. The summed E-state index contributed by atoms with van der Waals surface area (Å²) < 4.78 is 24.4. The van der Waals surface area contributed by atoms with Crippen LogP contribution in [-0.4, -0.2) is 33.2 Å². The standard InChI is InChI=1S/C7H14N2O3S/c1-4-7(10)9-5-6(2)13(11,12)8-3/h4,6,8H,1,5H2,2-3H3,(H,9,10)/t6-/m0/s1. The average Bonchev–Trinajstić information content (AvgIpc) is 2.13. The Bertz CT molecular complexity index is 284. The van der Waals surface area contributed by atoms with Crippen molar-refractivity contribution < 1.29 is 13.2 Å². The topological polar surface area (TPSA) is 75.3 Å². The molecule has 1 amide bonds. The Hall–Kier alpha value is -0.880. The number of nitrogens with one attached hydrogen (secondary N) is 2. The molecule has 0 aliphatic heterocycles. The zero-order valence-electron chi connectivity index (χ0n) is 7.70. The summed E-state index contributed by atoms with van der Waals surface area (Å²) >= 11 is 0. The van der Waals surface area contributed by atoms with Crippen molar-refractivity contribution in [3.8, 4) is 0 Å². The van der Waals surface area contributed by atoms with E-state index in [1.807, 2.05) is 0 Å². The molecule has 0 aliphatic rings. The maximum absolute atomic E-state index is 11.1. The molecule has 0 spiro atoms. The van der Waals surface area contributed by atoms with Gasteiger partial charge in [0, 0.05) is 6.54 Å². The fourth-order valence-corrected chi connectivity index (χ4v) is 1.33. The Morgan fingerprint density at radius 3 is 2.54 bits per heavy atom. The van der Waals surface area contributed by atoms with Crippen LogP contribution in [0.2, 0.25) is 0 Å². The third kappa shape index (κ3) is 4.05. The number of amides is 1. The third-order valence-electron chi connectivity index (χ3n) is 1.56. The summed E-state index contributed by atoms with van der Waals surface area (Å²) in [5.41, 5.74) is 0. The van der Waals surface area contributed by atoms with Crippen molar-refractivity contribution >= 4 is 15.9 Å². The van der Waals surface area contributed by atoms with E-state index in [0.717, 1.165) is 6.08 Å². The van der Waals surface area contributed by atoms with Crippen molar-refractivity contribution in [2.45, 2.75) is 12.2 Å². The van der Waals surface area contributed by atoms with Crippen molar-refractivity contribution in [1.29, 1.82) is 0 Å². The number of carbonyl (C=O) groups excluding carboxylic acids is 1. The zero-order valence-corrected chi connectivity index (χ0v) is 8.52. The highest BCUT2D eigenvalue weighted by Gasteiger charge is 2.18. The summed E-state index contributed by atoms with van der Waals surface area (Å²) in [6, 6.07) is 0. The minimum absolute atomic E-state index is 0.0774. The molecular formula is C7H14N2O3S. The highest BCUT2D eigenvalue weighted by molar-refractivity contribution is 7.90. The summed E-state index contributed by atoms with van der Waals surface area (Å²) in [6.07, 6.45) is 1.10. The minimum Gasteiger partial charge on any atom is -0.351 e. The van der Waals surface area contributed by atoms with E-state index in [1.54, 1.807) is 0 Å². The molecule has 0 radical (unpaired) electrons. The molecule has 13 heavy (non-hydrogen) atoms. The first-order valence-electron chi connectivity index (χ1n) is 3.76. The summed E-state index contributed by atoms with van der Waals surface area (Å²) in [7, 11) is -1.97. The largest absolute Gasteiger partial charge is 0.351 e. The molecule has 0 saturated carbocycles. The summed E-state index contributed by atoms with van der Waals surface area (Å²) in [4.78, 5) is 10.7. The summed E-state index contributed by atoms with van der Waals surface area (Å²) in [6.45, 7) is 4.83. The SMILES string of the molecule is C=CC(=O)NC[C@H](C)S(=O)(=O)NC. The van der Waals surface area contributed by atoms with Gasteiger partial charge in [-0.3, -0.25) is 4.79 Å². The van der Waals surface area contributed by atoms with Gasteiger partial charge in [-0.15, -0.1) is 0 Å². The lowest BCUT2D eigenvalue weighted by Gasteiger charge is -2.11. The number of rotatable bonds is 5. The molecule has 0 aromatic carbocycles. The Morgan fingerprint density at radius 2 is 2.15 bits per heavy atom. The van der Waals surface area contributed by atoms with Crippen LogP contribution in [0.15, 0.2) is 12.7 Å². The second-order valence-corrected chi connectivity index (χ2v) is 4.81. The lowest BCUT2D eigenvalue weighted by Crippen LogP contribution is -2.38. The van der Waals surface area contributed by atoms with Crippen LogP contribution in [0.1, 0.15) is 6.92 Å². The van der Waals surface area contributed by atoms with E-state index in [2.05, 4.69) is 16.6 Å². The Kier molecular flexibility index (Phi) is 4.64. The zero-order chi connectivity index (χ0) is 10.5.